The molecular weight excluding hydrogens is 418 g/mol. The molecule has 0 bridgehead atoms. The third kappa shape index (κ3) is 4.69. The Morgan fingerprint density at radius 1 is 1.16 bits per heavy atom. The summed E-state index contributed by atoms with van der Waals surface area (Å²) in [6.45, 7) is 11.0. The molecule has 0 aliphatic carbocycles. The van der Waals surface area contributed by atoms with Crippen LogP contribution in [0.1, 0.15) is 18.5 Å². The van der Waals surface area contributed by atoms with Crippen molar-refractivity contribution in [1.82, 2.24) is 9.97 Å². The largest absolute Gasteiger partial charge is 0.491 e. The van der Waals surface area contributed by atoms with Crippen molar-refractivity contribution in [3.8, 4) is 0 Å². The first-order valence-corrected chi connectivity index (χ1v) is 14.0. The minimum Gasteiger partial charge on any atom is -0.491 e. The molecule has 1 aliphatic heterocycles. The number of ether oxygens (including phenoxy) is 1. The number of nitrogens with one attached hydrogen (secondary N) is 1. The predicted molar refractivity (Wildman–Crippen MR) is 122 cm³/mol. The van der Waals surface area contributed by atoms with Gasteiger partial charge in [-0.2, -0.15) is 0 Å². The molecular formula is C23H27F2N3O2Si. The summed E-state index contributed by atoms with van der Waals surface area (Å²) in [5.74, 6) is -2.21. The van der Waals surface area contributed by atoms with E-state index in [-0.39, 0.29) is 11.3 Å². The van der Waals surface area contributed by atoms with Gasteiger partial charge in [0.25, 0.3) is 5.91 Å². The van der Waals surface area contributed by atoms with Gasteiger partial charge in [-0.3, -0.25) is 9.69 Å². The molecule has 1 atom stereocenters. The van der Waals surface area contributed by atoms with E-state index in [1.54, 1.807) is 31.5 Å². The SMILES string of the molecule is COC1=C(C)C(c2cccc(F)c2F)N(c2ccc3n[14cH][nH]c3c2)C1=O.C[Si](C)(C)C. The zero-order chi connectivity index (χ0) is 22.9. The highest BCUT2D eigenvalue weighted by atomic mass is 28.3. The van der Waals surface area contributed by atoms with Gasteiger partial charge in [-0.15, -0.1) is 0 Å². The molecule has 4 rings (SSSR count). The van der Waals surface area contributed by atoms with Gasteiger partial charge in [0, 0.05) is 24.9 Å². The summed E-state index contributed by atoms with van der Waals surface area (Å²) in [5.41, 5.74) is 2.61. The molecule has 5 nitrogen and oxygen atoms in total. The number of hydrogen-bond donors (Lipinski definition) is 1. The summed E-state index contributed by atoms with van der Waals surface area (Å²) < 4.78 is 33.5. The Bertz CT molecular complexity index is 1150. The maximum absolute atomic E-state index is 14.5. The van der Waals surface area contributed by atoms with E-state index in [4.69, 9.17) is 4.74 Å². The van der Waals surface area contributed by atoms with Crippen LogP contribution in [0.2, 0.25) is 26.2 Å². The molecule has 0 radical (unpaired) electrons. The second kappa shape index (κ2) is 8.62. The Kier molecular flexibility index (Phi) is 6.31. The number of rotatable bonds is 3. The van der Waals surface area contributed by atoms with Crippen LogP contribution in [0.3, 0.4) is 0 Å². The van der Waals surface area contributed by atoms with Crippen LogP contribution in [-0.4, -0.2) is 31.1 Å². The molecule has 8 heteroatoms. The van der Waals surface area contributed by atoms with Gasteiger partial charge in [0.05, 0.1) is 30.5 Å². The lowest BCUT2D eigenvalue weighted by atomic mass is 9.99. The lowest BCUT2D eigenvalue weighted by Gasteiger charge is -2.27. The molecule has 2 aromatic carbocycles. The number of benzene rings is 2. The van der Waals surface area contributed by atoms with E-state index in [1.165, 1.54) is 24.1 Å². The molecule has 1 amide bonds. The van der Waals surface area contributed by atoms with Crippen LogP contribution in [0.15, 0.2) is 54.1 Å². The van der Waals surface area contributed by atoms with Crippen molar-refractivity contribution >= 4 is 30.7 Å². The van der Waals surface area contributed by atoms with Gasteiger partial charge in [0.2, 0.25) is 0 Å². The normalized spacial score (nSPS) is 16.6. The number of aromatic amines is 1. The van der Waals surface area contributed by atoms with E-state index in [1.807, 2.05) is 0 Å². The minimum atomic E-state index is -0.977. The van der Waals surface area contributed by atoms with Crippen molar-refractivity contribution in [2.45, 2.75) is 39.2 Å². The minimum absolute atomic E-state index is 0.0765. The Morgan fingerprint density at radius 2 is 1.84 bits per heavy atom. The fourth-order valence-electron chi connectivity index (χ4n) is 3.41. The lowest BCUT2D eigenvalue weighted by Crippen LogP contribution is -2.31. The number of amides is 1. The number of carbonyl (C=O) groups is 1. The van der Waals surface area contributed by atoms with Gasteiger partial charge in [-0.25, -0.2) is 13.8 Å². The second-order valence-electron chi connectivity index (χ2n) is 9.04. The quantitative estimate of drug-likeness (QED) is 0.518. The third-order valence-corrected chi connectivity index (χ3v) is 4.60. The number of H-pyrrole nitrogens is 1. The molecule has 2 heterocycles. The van der Waals surface area contributed by atoms with Crippen molar-refractivity contribution in [3.63, 3.8) is 0 Å². The number of aromatic nitrogens is 2. The fourth-order valence-corrected chi connectivity index (χ4v) is 3.41. The molecule has 1 aliphatic rings. The third-order valence-electron chi connectivity index (χ3n) is 4.60. The van der Waals surface area contributed by atoms with Gasteiger partial charge >= 0.3 is 0 Å². The van der Waals surface area contributed by atoms with Crippen LogP contribution in [0.4, 0.5) is 14.5 Å². The number of carbonyl (C=O) groups excluding carboxylic acids is 1. The van der Waals surface area contributed by atoms with Gasteiger partial charge in [-0.1, -0.05) is 38.3 Å². The van der Waals surface area contributed by atoms with Crippen molar-refractivity contribution in [3.05, 3.63) is 71.3 Å². The van der Waals surface area contributed by atoms with E-state index >= 15 is 0 Å². The van der Waals surface area contributed by atoms with E-state index in [2.05, 4.69) is 36.2 Å². The Balaban J connectivity index is 0.000000491. The number of methoxy groups -OCH3 is 1. The molecule has 164 valence electrons. The van der Waals surface area contributed by atoms with Crippen LogP contribution in [-0.2, 0) is 9.53 Å². The highest BCUT2D eigenvalue weighted by Crippen LogP contribution is 2.42. The molecule has 0 spiro atoms. The summed E-state index contributed by atoms with van der Waals surface area (Å²) in [7, 11) is 0.775. The summed E-state index contributed by atoms with van der Waals surface area (Å²) in [6, 6.07) is 8.37. The first-order valence-electron chi connectivity index (χ1n) is 9.98. The summed E-state index contributed by atoms with van der Waals surface area (Å²) >= 11 is 0. The standard InChI is InChI=1S/C19H15F2N3O2.C4H12Si/c1-10-17(12-4-3-5-13(20)16(12)21)24(19(25)18(10)26-2)11-6-7-14-15(8-11)23-9-22-14;1-5(2,3)4/h3-9,17H,1-2H3,(H,22,23);1-4H3/i9+2;. The highest BCUT2D eigenvalue weighted by Gasteiger charge is 2.41. The summed E-state index contributed by atoms with van der Waals surface area (Å²) in [6.07, 6.45) is 1.55. The summed E-state index contributed by atoms with van der Waals surface area (Å²) in [5, 5.41) is 0. The number of fused-ring (bicyclic) bond motifs is 1. The maximum Gasteiger partial charge on any atom is 0.294 e. The predicted octanol–water partition coefficient (Wildman–Crippen LogP) is 5.80. The Morgan fingerprint density at radius 3 is 2.48 bits per heavy atom. The van der Waals surface area contributed by atoms with Gasteiger partial charge < -0.3 is 9.72 Å². The van der Waals surface area contributed by atoms with Crippen LogP contribution in [0.5, 0.6) is 0 Å². The molecule has 1 N–H and O–H groups in total. The fraction of sp³-hybridized carbons (Fsp3) is 0.304. The molecule has 1 aromatic heterocycles. The van der Waals surface area contributed by atoms with Crippen LogP contribution in [0.25, 0.3) is 11.0 Å². The smallest absolute Gasteiger partial charge is 0.294 e. The zero-order valence-corrected chi connectivity index (χ0v) is 19.6. The van der Waals surface area contributed by atoms with Crippen LogP contribution in [0, 0.1) is 11.6 Å². The number of anilines is 1. The van der Waals surface area contributed by atoms with Gasteiger partial charge in [0.1, 0.15) is 0 Å². The number of imidazole rings is 1. The van der Waals surface area contributed by atoms with Crippen molar-refractivity contribution in [2.24, 2.45) is 0 Å². The number of hydrogen-bond acceptors (Lipinski definition) is 3. The number of nitrogens with zero attached hydrogens (tertiary/aromatic N) is 2. The molecule has 0 saturated carbocycles. The van der Waals surface area contributed by atoms with E-state index in [0.717, 1.165) is 17.1 Å². The highest BCUT2D eigenvalue weighted by molar-refractivity contribution is 6.74. The van der Waals surface area contributed by atoms with E-state index in [9.17, 15) is 13.6 Å². The summed E-state index contributed by atoms with van der Waals surface area (Å²) in [4.78, 5) is 21.4. The second-order valence-corrected chi connectivity index (χ2v) is 15.0. The lowest BCUT2D eigenvalue weighted by molar-refractivity contribution is -0.117. The first kappa shape index (κ1) is 22.7. The first-order chi connectivity index (χ1) is 14.5. The average Bonchev–Trinajstić information content (AvgIpc) is 3.24. The Labute approximate surface area is 181 Å². The van der Waals surface area contributed by atoms with E-state index < -0.39 is 31.7 Å². The maximum atomic E-state index is 14.5. The van der Waals surface area contributed by atoms with Crippen LogP contribution < -0.4 is 4.90 Å². The van der Waals surface area contributed by atoms with Crippen molar-refractivity contribution < 1.29 is 18.3 Å². The van der Waals surface area contributed by atoms with Crippen molar-refractivity contribution in [2.75, 3.05) is 12.0 Å². The van der Waals surface area contributed by atoms with E-state index in [0.29, 0.717) is 11.3 Å². The molecule has 1 unspecified atom stereocenters. The Hall–Kier alpha value is -3.00. The molecule has 0 fully saturated rings. The van der Waals surface area contributed by atoms with Gasteiger partial charge in [-0.05, 0) is 31.2 Å². The monoisotopic (exact) mass is 445 g/mol. The van der Waals surface area contributed by atoms with Crippen molar-refractivity contribution in [1.29, 1.82) is 0 Å². The topological polar surface area (TPSA) is 58.2 Å². The zero-order valence-electron chi connectivity index (χ0n) is 18.6. The molecule has 0 saturated heterocycles. The number of halogens is 2. The van der Waals surface area contributed by atoms with Gasteiger partial charge in [0.15, 0.2) is 17.4 Å². The van der Waals surface area contributed by atoms with Crippen LogP contribution >= 0.6 is 0 Å². The molecule has 31 heavy (non-hydrogen) atoms. The average molecular weight is 446 g/mol. The molecule has 3 aromatic rings.